The molecule has 1 heterocycles. The number of benzene rings is 1. The van der Waals surface area contributed by atoms with Crippen LogP contribution in [0.2, 0.25) is 10.0 Å². The first-order chi connectivity index (χ1) is 14.3. The van der Waals surface area contributed by atoms with Gasteiger partial charge in [0.1, 0.15) is 12.6 Å². The number of anilines is 1. The third kappa shape index (κ3) is 5.73. The number of hydrogen-bond acceptors (Lipinski definition) is 4. The lowest BCUT2D eigenvalue weighted by Gasteiger charge is -2.14. The SMILES string of the molecule is CC(NC(=O)c1cccc(Cl)c1Cl)C(=O)Nc1cnn(CC(=O)NC2CCCC2)c1. The molecule has 3 rings (SSSR count). The highest BCUT2D eigenvalue weighted by Gasteiger charge is 2.20. The molecule has 0 aliphatic heterocycles. The Bertz CT molecular complexity index is 940. The summed E-state index contributed by atoms with van der Waals surface area (Å²) in [5, 5.41) is 12.7. The summed E-state index contributed by atoms with van der Waals surface area (Å²) in [6.07, 6.45) is 7.31. The van der Waals surface area contributed by atoms with Gasteiger partial charge in [-0.2, -0.15) is 5.10 Å². The van der Waals surface area contributed by atoms with Crippen molar-refractivity contribution < 1.29 is 14.4 Å². The zero-order chi connectivity index (χ0) is 21.7. The summed E-state index contributed by atoms with van der Waals surface area (Å²) in [5.41, 5.74) is 0.612. The highest BCUT2D eigenvalue weighted by Crippen LogP contribution is 2.25. The van der Waals surface area contributed by atoms with Gasteiger partial charge in [-0.05, 0) is 31.9 Å². The molecule has 0 bridgehead atoms. The van der Waals surface area contributed by atoms with Crippen molar-refractivity contribution in [3.8, 4) is 0 Å². The maximum atomic E-state index is 12.4. The lowest BCUT2D eigenvalue weighted by molar-refractivity contribution is -0.122. The first kappa shape index (κ1) is 22.1. The van der Waals surface area contributed by atoms with E-state index in [-0.39, 0.29) is 34.1 Å². The predicted octanol–water partition coefficient (Wildman–Crippen LogP) is 3.01. The fourth-order valence-corrected chi connectivity index (χ4v) is 3.66. The standard InChI is InChI=1S/C20H23Cl2N5O3/c1-12(24-20(30)15-7-4-8-16(21)18(15)22)19(29)26-14-9-23-27(10-14)11-17(28)25-13-5-2-3-6-13/h4,7-10,12-13H,2-3,5-6,11H2,1H3,(H,24,30)(H,25,28)(H,26,29). The van der Waals surface area contributed by atoms with Crippen LogP contribution in [0, 0.1) is 0 Å². The molecule has 1 aromatic heterocycles. The highest BCUT2D eigenvalue weighted by atomic mass is 35.5. The van der Waals surface area contributed by atoms with Crippen molar-refractivity contribution in [2.75, 3.05) is 5.32 Å². The lowest BCUT2D eigenvalue weighted by Crippen LogP contribution is -2.41. The van der Waals surface area contributed by atoms with Crippen molar-refractivity contribution in [2.45, 2.75) is 51.2 Å². The van der Waals surface area contributed by atoms with Crippen molar-refractivity contribution >= 4 is 46.6 Å². The first-order valence-electron chi connectivity index (χ1n) is 9.71. The number of aromatic nitrogens is 2. The molecule has 3 N–H and O–H groups in total. The zero-order valence-electron chi connectivity index (χ0n) is 16.5. The second kappa shape index (κ2) is 9.95. The van der Waals surface area contributed by atoms with Crippen LogP contribution >= 0.6 is 23.2 Å². The Morgan fingerprint density at radius 3 is 2.70 bits per heavy atom. The number of hydrogen-bond donors (Lipinski definition) is 3. The van der Waals surface area contributed by atoms with E-state index in [4.69, 9.17) is 23.2 Å². The normalized spacial score (nSPS) is 14.9. The van der Waals surface area contributed by atoms with E-state index < -0.39 is 17.9 Å². The Balaban J connectivity index is 1.51. The second-order valence-corrected chi connectivity index (χ2v) is 8.05. The number of rotatable bonds is 7. The molecular weight excluding hydrogens is 429 g/mol. The van der Waals surface area contributed by atoms with Crippen LogP contribution in [0.1, 0.15) is 43.0 Å². The number of amides is 3. The van der Waals surface area contributed by atoms with E-state index in [1.54, 1.807) is 25.3 Å². The van der Waals surface area contributed by atoms with Crippen LogP contribution in [0.3, 0.4) is 0 Å². The Morgan fingerprint density at radius 1 is 1.23 bits per heavy atom. The van der Waals surface area contributed by atoms with Gasteiger partial charge in [0.2, 0.25) is 11.8 Å². The quantitative estimate of drug-likeness (QED) is 0.601. The Hall–Kier alpha value is -2.58. The maximum absolute atomic E-state index is 12.4. The summed E-state index contributed by atoms with van der Waals surface area (Å²) in [5.74, 6) is -1.05. The Kier molecular flexibility index (Phi) is 7.33. The minimum Gasteiger partial charge on any atom is -0.352 e. The summed E-state index contributed by atoms with van der Waals surface area (Å²) in [6.45, 7) is 1.62. The molecule has 0 saturated heterocycles. The van der Waals surface area contributed by atoms with Crippen LogP contribution < -0.4 is 16.0 Å². The van der Waals surface area contributed by atoms with E-state index in [1.165, 1.54) is 16.9 Å². The topological polar surface area (TPSA) is 105 Å². The van der Waals surface area contributed by atoms with Gasteiger partial charge in [-0.1, -0.05) is 42.1 Å². The minimum atomic E-state index is -0.832. The average Bonchev–Trinajstić information content (AvgIpc) is 3.35. The fraction of sp³-hybridized carbons (Fsp3) is 0.400. The van der Waals surface area contributed by atoms with Gasteiger partial charge in [0.15, 0.2) is 0 Å². The molecule has 160 valence electrons. The number of halogens is 2. The molecule has 1 unspecified atom stereocenters. The first-order valence-corrected chi connectivity index (χ1v) is 10.5. The number of nitrogens with one attached hydrogen (secondary N) is 3. The molecule has 3 amide bonds. The molecule has 1 saturated carbocycles. The van der Waals surface area contributed by atoms with Crippen molar-refractivity contribution in [2.24, 2.45) is 0 Å². The molecule has 8 nitrogen and oxygen atoms in total. The molecule has 1 aliphatic rings. The third-order valence-electron chi connectivity index (χ3n) is 4.86. The summed E-state index contributed by atoms with van der Waals surface area (Å²) < 4.78 is 1.45. The minimum absolute atomic E-state index is 0.0753. The molecule has 1 atom stereocenters. The molecule has 0 radical (unpaired) electrons. The van der Waals surface area contributed by atoms with Gasteiger partial charge < -0.3 is 16.0 Å². The Morgan fingerprint density at radius 2 is 1.97 bits per heavy atom. The van der Waals surface area contributed by atoms with Gasteiger partial charge in [0.05, 0.1) is 27.5 Å². The Labute approximate surface area is 184 Å². The number of carbonyl (C=O) groups is 3. The van der Waals surface area contributed by atoms with Crippen molar-refractivity contribution in [3.63, 3.8) is 0 Å². The molecule has 1 fully saturated rings. The second-order valence-electron chi connectivity index (χ2n) is 7.26. The molecule has 2 aromatic rings. The molecular formula is C20H23Cl2N5O3. The third-order valence-corrected chi connectivity index (χ3v) is 5.68. The van der Waals surface area contributed by atoms with Gasteiger partial charge in [0.25, 0.3) is 5.91 Å². The summed E-state index contributed by atoms with van der Waals surface area (Å²) >= 11 is 12.0. The predicted molar refractivity (Wildman–Crippen MR) is 115 cm³/mol. The van der Waals surface area contributed by atoms with E-state index >= 15 is 0 Å². The summed E-state index contributed by atoms with van der Waals surface area (Å²) in [6, 6.07) is 4.11. The van der Waals surface area contributed by atoms with Crippen LogP contribution in [-0.2, 0) is 16.1 Å². The fourth-order valence-electron chi connectivity index (χ4n) is 3.27. The smallest absolute Gasteiger partial charge is 0.253 e. The molecule has 0 spiro atoms. The zero-order valence-corrected chi connectivity index (χ0v) is 18.0. The van der Waals surface area contributed by atoms with Crippen LogP contribution in [0.15, 0.2) is 30.6 Å². The van der Waals surface area contributed by atoms with E-state index in [2.05, 4.69) is 21.0 Å². The number of carbonyl (C=O) groups excluding carboxylic acids is 3. The molecule has 10 heteroatoms. The van der Waals surface area contributed by atoms with Gasteiger partial charge >= 0.3 is 0 Å². The van der Waals surface area contributed by atoms with Crippen molar-refractivity contribution in [1.29, 1.82) is 0 Å². The van der Waals surface area contributed by atoms with Gasteiger partial charge in [0, 0.05) is 12.2 Å². The van der Waals surface area contributed by atoms with Crippen LogP contribution in [0.5, 0.6) is 0 Å². The van der Waals surface area contributed by atoms with Crippen LogP contribution in [0.25, 0.3) is 0 Å². The van der Waals surface area contributed by atoms with E-state index in [0.717, 1.165) is 25.7 Å². The highest BCUT2D eigenvalue weighted by molar-refractivity contribution is 6.43. The average molecular weight is 452 g/mol. The summed E-state index contributed by atoms with van der Waals surface area (Å²) in [4.78, 5) is 36.8. The van der Waals surface area contributed by atoms with Crippen LogP contribution in [0.4, 0.5) is 5.69 Å². The van der Waals surface area contributed by atoms with E-state index in [0.29, 0.717) is 5.69 Å². The largest absolute Gasteiger partial charge is 0.352 e. The van der Waals surface area contributed by atoms with Gasteiger partial charge in [-0.25, -0.2) is 0 Å². The van der Waals surface area contributed by atoms with Gasteiger partial charge in [-0.3, -0.25) is 19.1 Å². The molecule has 1 aliphatic carbocycles. The van der Waals surface area contributed by atoms with Crippen LogP contribution in [-0.4, -0.2) is 39.6 Å². The lowest BCUT2D eigenvalue weighted by atomic mass is 10.2. The maximum Gasteiger partial charge on any atom is 0.253 e. The van der Waals surface area contributed by atoms with Crippen molar-refractivity contribution in [1.82, 2.24) is 20.4 Å². The monoisotopic (exact) mass is 451 g/mol. The molecule has 30 heavy (non-hydrogen) atoms. The van der Waals surface area contributed by atoms with E-state index in [9.17, 15) is 14.4 Å². The van der Waals surface area contributed by atoms with Crippen molar-refractivity contribution in [3.05, 3.63) is 46.2 Å². The van der Waals surface area contributed by atoms with Gasteiger partial charge in [-0.15, -0.1) is 0 Å². The number of nitrogens with zero attached hydrogens (tertiary/aromatic N) is 2. The summed E-state index contributed by atoms with van der Waals surface area (Å²) in [7, 11) is 0. The molecule has 1 aromatic carbocycles. The van der Waals surface area contributed by atoms with E-state index in [1.807, 2.05) is 0 Å².